The average Bonchev–Trinajstić information content (AvgIpc) is 2.89. The molecule has 1 aliphatic heterocycles. The SMILES string of the molecule is NNC(=O)c1cc(CN2CCSC2=O)on1. The lowest BCUT2D eigenvalue weighted by molar-refractivity contribution is 0.0944. The van der Waals surface area contributed by atoms with Gasteiger partial charge in [0.05, 0.1) is 6.54 Å². The number of nitrogens with two attached hydrogens (primary N) is 1. The molecule has 0 atom stereocenters. The molecule has 1 fully saturated rings. The van der Waals surface area contributed by atoms with Gasteiger partial charge < -0.3 is 9.42 Å². The molecule has 0 unspecified atom stereocenters. The summed E-state index contributed by atoms with van der Waals surface area (Å²) < 4.78 is 4.93. The standard InChI is InChI=1S/C8H10N4O3S/c9-10-7(13)6-3-5(15-11-6)4-12-1-2-16-8(12)14/h3H,1-2,4,9H2,(H,10,13). The maximum Gasteiger partial charge on any atom is 0.287 e. The number of rotatable bonds is 3. The zero-order valence-electron chi connectivity index (χ0n) is 8.30. The minimum atomic E-state index is -0.517. The van der Waals surface area contributed by atoms with E-state index < -0.39 is 5.91 Å². The lowest BCUT2D eigenvalue weighted by atomic mass is 10.3. The van der Waals surface area contributed by atoms with Crippen LogP contribution in [0.5, 0.6) is 0 Å². The van der Waals surface area contributed by atoms with E-state index in [1.165, 1.54) is 17.8 Å². The molecule has 0 radical (unpaired) electrons. The third-order valence-corrected chi connectivity index (χ3v) is 3.01. The monoisotopic (exact) mass is 242 g/mol. The fourth-order valence-electron chi connectivity index (χ4n) is 1.33. The number of hydrogen-bond donors (Lipinski definition) is 2. The van der Waals surface area contributed by atoms with Crippen molar-refractivity contribution in [1.82, 2.24) is 15.5 Å². The van der Waals surface area contributed by atoms with Crippen LogP contribution < -0.4 is 11.3 Å². The zero-order chi connectivity index (χ0) is 11.5. The highest BCUT2D eigenvalue weighted by molar-refractivity contribution is 8.13. The summed E-state index contributed by atoms with van der Waals surface area (Å²) in [5.74, 6) is 5.68. The first-order valence-electron chi connectivity index (χ1n) is 4.59. The number of hydrazine groups is 1. The van der Waals surface area contributed by atoms with Gasteiger partial charge in [-0.05, 0) is 0 Å². The Morgan fingerprint density at radius 1 is 1.75 bits per heavy atom. The fraction of sp³-hybridized carbons (Fsp3) is 0.375. The Hall–Kier alpha value is -1.54. The largest absolute Gasteiger partial charge is 0.359 e. The molecule has 2 rings (SSSR count). The van der Waals surface area contributed by atoms with E-state index in [4.69, 9.17) is 10.4 Å². The van der Waals surface area contributed by atoms with Crippen LogP contribution >= 0.6 is 11.8 Å². The molecule has 1 aromatic heterocycles. The van der Waals surface area contributed by atoms with Crippen molar-refractivity contribution >= 4 is 22.9 Å². The van der Waals surface area contributed by atoms with Crippen LogP contribution in [0.1, 0.15) is 16.2 Å². The number of carbonyl (C=O) groups is 2. The van der Waals surface area contributed by atoms with Crippen molar-refractivity contribution in [3.05, 3.63) is 17.5 Å². The van der Waals surface area contributed by atoms with Gasteiger partial charge in [0.2, 0.25) is 0 Å². The number of nitrogens with one attached hydrogen (secondary N) is 1. The van der Waals surface area contributed by atoms with E-state index in [-0.39, 0.29) is 10.9 Å². The van der Waals surface area contributed by atoms with E-state index in [0.29, 0.717) is 18.8 Å². The molecule has 3 N–H and O–H groups in total. The summed E-state index contributed by atoms with van der Waals surface area (Å²) >= 11 is 1.27. The highest BCUT2D eigenvalue weighted by Crippen LogP contribution is 2.19. The maximum absolute atomic E-state index is 11.3. The van der Waals surface area contributed by atoms with Crippen molar-refractivity contribution in [2.75, 3.05) is 12.3 Å². The van der Waals surface area contributed by atoms with E-state index in [1.807, 2.05) is 5.43 Å². The Balaban J connectivity index is 2.02. The van der Waals surface area contributed by atoms with Crippen molar-refractivity contribution in [3.8, 4) is 0 Å². The molecule has 2 heterocycles. The molecule has 7 nitrogen and oxygen atoms in total. The van der Waals surface area contributed by atoms with Crippen molar-refractivity contribution in [1.29, 1.82) is 0 Å². The van der Waals surface area contributed by atoms with Crippen LogP contribution in [0.25, 0.3) is 0 Å². The van der Waals surface area contributed by atoms with Gasteiger partial charge >= 0.3 is 0 Å². The number of amides is 2. The summed E-state index contributed by atoms with van der Waals surface area (Å²) in [6.45, 7) is 1.01. The molecule has 0 spiro atoms. The predicted octanol–water partition coefficient (Wildman–Crippen LogP) is -0.0531. The molecular formula is C8H10N4O3S. The molecular weight excluding hydrogens is 232 g/mol. The third-order valence-electron chi connectivity index (χ3n) is 2.11. The summed E-state index contributed by atoms with van der Waals surface area (Å²) in [5.41, 5.74) is 2.06. The molecule has 86 valence electrons. The quantitative estimate of drug-likeness (QED) is 0.437. The van der Waals surface area contributed by atoms with Crippen LogP contribution in [0, 0.1) is 0 Å². The average molecular weight is 242 g/mol. The molecule has 2 amide bonds. The first-order valence-corrected chi connectivity index (χ1v) is 5.57. The van der Waals surface area contributed by atoms with E-state index in [9.17, 15) is 9.59 Å². The minimum absolute atomic E-state index is 0.0150. The van der Waals surface area contributed by atoms with Gasteiger partial charge in [0.1, 0.15) is 0 Å². The second-order valence-corrected chi connectivity index (χ2v) is 4.23. The summed E-state index contributed by atoms with van der Waals surface area (Å²) in [6, 6.07) is 1.47. The van der Waals surface area contributed by atoms with E-state index in [0.717, 1.165) is 5.75 Å². The number of aromatic nitrogens is 1. The van der Waals surface area contributed by atoms with Crippen molar-refractivity contribution in [2.24, 2.45) is 5.84 Å². The molecule has 0 aliphatic carbocycles. The van der Waals surface area contributed by atoms with Crippen LogP contribution in [0.2, 0.25) is 0 Å². The smallest absolute Gasteiger partial charge is 0.287 e. The molecule has 0 aromatic carbocycles. The summed E-state index contributed by atoms with van der Waals surface area (Å²) in [6.07, 6.45) is 0. The molecule has 1 aromatic rings. The highest BCUT2D eigenvalue weighted by Gasteiger charge is 2.23. The van der Waals surface area contributed by atoms with Gasteiger partial charge in [-0.1, -0.05) is 16.9 Å². The van der Waals surface area contributed by atoms with Crippen LogP contribution in [0.3, 0.4) is 0 Å². The fourth-order valence-corrected chi connectivity index (χ4v) is 2.15. The van der Waals surface area contributed by atoms with Gasteiger partial charge in [0.15, 0.2) is 11.5 Å². The lowest BCUT2D eigenvalue weighted by Crippen LogP contribution is -2.30. The van der Waals surface area contributed by atoms with Gasteiger partial charge in [-0.15, -0.1) is 0 Å². The summed E-state index contributed by atoms with van der Waals surface area (Å²) in [4.78, 5) is 24.0. The van der Waals surface area contributed by atoms with Crippen molar-refractivity contribution < 1.29 is 14.1 Å². The highest BCUT2D eigenvalue weighted by atomic mass is 32.2. The van der Waals surface area contributed by atoms with Crippen LogP contribution in [0.15, 0.2) is 10.6 Å². The molecule has 0 bridgehead atoms. The Morgan fingerprint density at radius 2 is 2.56 bits per heavy atom. The van der Waals surface area contributed by atoms with Gasteiger partial charge in [-0.2, -0.15) is 0 Å². The Bertz CT molecular complexity index is 419. The number of nitrogens with zero attached hydrogens (tertiary/aromatic N) is 2. The normalized spacial score (nSPS) is 15.6. The van der Waals surface area contributed by atoms with Gasteiger partial charge in [0, 0.05) is 18.4 Å². The minimum Gasteiger partial charge on any atom is -0.359 e. The second-order valence-electron chi connectivity index (χ2n) is 3.19. The number of carbonyl (C=O) groups excluding carboxylic acids is 2. The zero-order valence-corrected chi connectivity index (χ0v) is 9.12. The Morgan fingerprint density at radius 3 is 3.19 bits per heavy atom. The Labute approximate surface area is 95.3 Å². The van der Waals surface area contributed by atoms with Crippen LogP contribution in [-0.4, -0.2) is 33.5 Å². The number of thioether (sulfide) groups is 1. The van der Waals surface area contributed by atoms with Gasteiger partial charge in [-0.3, -0.25) is 15.0 Å². The first-order chi connectivity index (χ1) is 7.70. The molecule has 1 aliphatic rings. The molecule has 8 heteroatoms. The van der Waals surface area contributed by atoms with Gasteiger partial charge in [0.25, 0.3) is 11.1 Å². The van der Waals surface area contributed by atoms with Crippen LogP contribution in [-0.2, 0) is 6.54 Å². The number of hydrogen-bond acceptors (Lipinski definition) is 6. The predicted molar refractivity (Wildman–Crippen MR) is 56.4 cm³/mol. The summed E-state index contributed by atoms with van der Waals surface area (Å²) in [7, 11) is 0. The molecule has 1 saturated heterocycles. The molecule has 16 heavy (non-hydrogen) atoms. The second kappa shape index (κ2) is 4.54. The van der Waals surface area contributed by atoms with E-state index in [1.54, 1.807) is 4.90 Å². The van der Waals surface area contributed by atoms with Crippen molar-refractivity contribution in [3.63, 3.8) is 0 Å². The van der Waals surface area contributed by atoms with Gasteiger partial charge in [-0.25, -0.2) is 5.84 Å². The van der Waals surface area contributed by atoms with E-state index >= 15 is 0 Å². The van der Waals surface area contributed by atoms with Crippen LogP contribution in [0.4, 0.5) is 4.79 Å². The maximum atomic E-state index is 11.3. The van der Waals surface area contributed by atoms with Crippen molar-refractivity contribution in [2.45, 2.75) is 6.54 Å². The Kier molecular flexibility index (Phi) is 3.11. The topological polar surface area (TPSA) is 101 Å². The summed E-state index contributed by atoms with van der Waals surface area (Å²) in [5, 5.41) is 3.56. The first kappa shape index (κ1) is 11.0. The third kappa shape index (κ3) is 2.17. The molecule has 0 saturated carbocycles. The van der Waals surface area contributed by atoms with E-state index in [2.05, 4.69) is 5.16 Å². The lowest BCUT2D eigenvalue weighted by Gasteiger charge is -2.10. The number of nitrogen functional groups attached to an aromatic ring is 1.